The molecule has 0 bridgehead atoms. The van der Waals surface area contributed by atoms with Crippen LogP contribution in [0.2, 0.25) is 0 Å². The minimum atomic E-state index is 0. The molecule has 2 nitrogen and oxygen atoms in total. The molecule has 1 N–H and O–H groups in total. The molecule has 0 amide bonds. The molecule has 2 aromatic rings. The van der Waals surface area contributed by atoms with Gasteiger partial charge < -0.3 is 10.1 Å². The summed E-state index contributed by atoms with van der Waals surface area (Å²) in [6.45, 7) is 6.45. The van der Waals surface area contributed by atoms with Gasteiger partial charge in [-0.1, -0.05) is 45.8 Å². The minimum Gasteiger partial charge on any atom is -0.494 e. The van der Waals surface area contributed by atoms with Crippen LogP contribution in [0.4, 0.5) is 0 Å². The van der Waals surface area contributed by atoms with Gasteiger partial charge in [-0.3, -0.25) is 0 Å². The van der Waals surface area contributed by atoms with Gasteiger partial charge in [0.1, 0.15) is 5.75 Å². The molecule has 2 rings (SSSR count). The molecule has 0 aromatic heterocycles. The van der Waals surface area contributed by atoms with Crippen LogP contribution in [0.25, 0.3) is 0 Å². The van der Waals surface area contributed by atoms with Crippen molar-refractivity contribution in [3.63, 3.8) is 0 Å². The molecule has 114 valence electrons. The van der Waals surface area contributed by atoms with Gasteiger partial charge in [0.05, 0.1) is 6.61 Å². The Morgan fingerprint density at radius 2 is 1.76 bits per heavy atom. The van der Waals surface area contributed by atoms with Crippen LogP contribution in [0.3, 0.4) is 0 Å². The lowest BCUT2D eigenvalue weighted by molar-refractivity contribution is 0.335. The molecular weight excluding hydrogens is 350 g/mol. The first-order valence-corrected chi connectivity index (χ1v) is 7.66. The van der Waals surface area contributed by atoms with E-state index in [1.807, 2.05) is 19.1 Å². The van der Waals surface area contributed by atoms with Crippen molar-refractivity contribution < 1.29 is 4.74 Å². The highest BCUT2D eigenvalue weighted by Gasteiger charge is 2.04. The van der Waals surface area contributed by atoms with E-state index in [-0.39, 0.29) is 12.4 Å². The molecule has 4 heteroatoms. The largest absolute Gasteiger partial charge is 0.494 e. The Morgan fingerprint density at radius 1 is 1.05 bits per heavy atom. The fraction of sp³-hybridized carbons (Fsp3) is 0.294. The summed E-state index contributed by atoms with van der Waals surface area (Å²) >= 11 is 3.51. The van der Waals surface area contributed by atoms with Gasteiger partial charge in [0.15, 0.2) is 0 Å². The van der Waals surface area contributed by atoms with Crippen LogP contribution in [-0.2, 0) is 13.1 Å². The third kappa shape index (κ3) is 5.70. The van der Waals surface area contributed by atoms with Crippen molar-refractivity contribution in [2.75, 3.05) is 6.61 Å². The highest BCUT2D eigenvalue weighted by Crippen LogP contribution is 2.23. The molecule has 0 aliphatic rings. The lowest BCUT2D eigenvalue weighted by Gasteiger charge is -2.12. The van der Waals surface area contributed by atoms with E-state index >= 15 is 0 Å². The van der Waals surface area contributed by atoms with E-state index in [1.165, 1.54) is 16.7 Å². The van der Waals surface area contributed by atoms with E-state index in [9.17, 15) is 0 Å². The fourth-order valence-electron chi connectivity index (χ4n) is 2.03. The monoisotopic (exact) mass is 369 g/mol. The van der Waals surface area contributed by atoms with Gasteiger partial charge in [-0.2, -0.15) is 0 Å². The molecule has 2 aromatic carbocycles. The van der Waals surface area contributed by atoms with Crippen molar-refractivity contribution >= 4 is 28.3 Å². The SMILES string of the molecule is CCOc1ccc(Br)cc1CNCc1ccc(C)cc1.Cl. The highest BCUT2D eigenvalue weighted by atomic mass is 79.9. The summed E-state index contributed by atoms with van der Waals surface area (Å²) < 4.78 is 6.73. The van der Waals surface area contributed by atoms with Gasteiger partial charge in [0, 0.05) is 23.1 Å². The zero-order valence-corrected chi connectivity index (χ0v) is 14.8. The maximum absolute atomic E-state index is 5.65. The van der Waals surface area contributed by atoms with Crippen LogP contribution in [0.1, 0.15) is 23.6 Å². The van der Waals surface area contributed by atoms with Crippen molar-refractivity contribution in [1.29, 1.82) is 0 Å². The van der Waals surface area contributed by atoms with Crippen LogP contribution in [0.15, 0.2) is 46.9 Å². The van der Waals surface area contributed by atoms with Crippen molar-refractivity contribution in [2.45, 2.75) is 26.9 Å². The van der Waals surface area contributed by atoms with Crippen LogP contribution in [-0.4, -0.2) is 6.61 Å². The summed E-state index contributed by atoms with van der Waals surface area (Å²) in [5.41, 5.74) is 3.76. The van der Waals surface area contributed by atoms with Gasteiger partial charge in [-0.15, -0.1) is 12.4 Å². The van der Waals surface area contributed by atoms with Crippen LogP contribution in [0, 0.1) is 6.92 Å². The van der Waals surface area contributed by atoms with Crippen LogP contribution in [0.5, 0.6) is 5.75 Å². The molecule has 21 heavy (non-hydrogen) atoms. The van der Waals surface area contributed by atoms with Gasteiger partial charge in [-0.05, 0) is 37.6 Å². The number of benzene rings is 2. The van der Waals surface area contributed by atoms with E-state index in [4.69, 9.17) is 4.74 Å². The number of halogens is 2. The van der Waals surface area contributed by atoms with Gasteiger partial charge in [0.25, 0.3) is 0 Å². The summed E-state index contributed by atoms with van der Waals surface area (Å²) in [6.07, 6.45) is 0. The Kier molecular flexibility index (Phi) is 7.79. The Balaban J connectivity index is 0.00000220. The smallest absolute Gasteiger partial charge is 0.123 e. The molecular formula is C17H21BrClNO. The first-order chi connectivity index (χ1) is 9.69. The Bertz CT molecular complexity index is 557. The summed E-state index contributed by atoms with van der Waals surface area (Å²) in [5.74, 6) is 0.951. The number of hydrogen-bond donors (Lipinski definition) is 1. The molecule has 0 fully saturated rings. The Labute approximate surface area is 141 Å². The van der Waals surface area contributed by atoms with E-state index in [2.05, 4.69) is 58.5 Å². The second-order valence-corrected chi connectivity index (χ2v) is 5.69. The molecule has 0 atom stereocenters. The van der Waals surface area contributed by atoms with Crippen molar-refractivity contribution in [2.24, 2.45) is 0 Å². The summed E-state index contributed by atoms with van der Waals surface area (Å²) in [6, 6.07) is 14.7. The maximum Gasteiger partial charge on any atom is 0.123 e. The molecule has 0 unspecified atom stereocenters. The summed E-state index contributed by atoms with van der Waals surface area (Å²) in [4.78, 5) is 0. The third-order valence-electron chi connectivity index (χ3n) is 3.09. The standard InChI is InChI=1S/C17H20BrNO.ClH/c1-3-20-17-9-8-16(18)10-15(17)12-19-11-14-6-4-13(2)5-7-14;/h4-10,19H,3,11-12H2,1-2H3;1H. The highest BCUT2D eigenvalue weighted by molar-refractivity contribution is 9.10. The second-order valence-electron chi connectivity index (χ2n) is 4.77. The van der Waals surface area contributed by atoms with Crippen molar-refractivity contribution in [3.05, 3.63) is 63.6 Å². The molecule has 0 aliphatic heterocycles. The molecule has 0 heterocycles. The zero-order valence-electron chi connectivity index (χ0n) is 12.4. The topological polar surface area (TPSA) is 21.3 Å². The average molecular weight is 371 g/mol. The molecule has 0 aliphatic carbocycles. The molecule has 0 spiro atoms. The lowest BCUT2D eigenvalue weighted by Crippen LogP contribution is -2.13. The first-order valence-electron chi connectivity index (χ1n) is 6.86. The van der Waals surface area contributed by atoms with Crippen molar-refractivity contribution in [3.8, 4) is 5.75 Å². The first kappa shape index (κ1) is 18.0. The van der Waals surface area contributed by atoms with Crippen LogP contribution < -0.4 is 10.1 Å². The maximum atomic E-state index is 5.65. The second kappa shape index (κ2) is 9.08. The molecule has 0 saturated heterocycles. The van der Waals surface area contributed by atoms with Crippen LogP contribution >= 0.6 is 28.3 Å². The van der Waals surface area contributed by atoms with E-state index in [1.54, 1.807) is 0 Å². The Hall–Kier alpha value is -1.03. The summed E-state index contributed by atoms with van der Waals surface area (Å²) in [7, 11) is 0. The quantitative estimate of drug-likeness (QED) is 0.783. The summed E-state index contributed by atoms with van der Waals surface area (Å²) in [5, 5.41) is 3.46. The minimum absolute atomic E-state index is 0. The number of rotatable bonds is 6. The van der Waals surface area contributed by atoms with Gasteiger partial charge >= 0.3 is 0 Å². The van der Waals surface area contributed by atoms with E-state index in [0.717, 1.165) is 23.3 Å². The molecule has 0 radical (unpaired) electrons. The average Bonchev–Trinajstić information content (AvgIpc) is 2.44. The zero-order chi connectivity index (χ0) is 14.4. The Morgan fingerprint density at radius 3 is 2.43 bits per heavy atom. The molecule has 0 saturated carbocycles. The predicted octanol–water partition coefficient (Wildman–Crippen LogP) is 4.87. The fourth-order valence-corrected chi connectivity index (χ4v) is 2.44. The van der Waals surface area contributed by atoms with Gasteiger partial charge in [-0.25, -0.2) is 0 Å². The number of aryl methyl sites for hydroxylation is 1. The lowest BCUT2D eigenvalue weighted by atomic mass is 10.1. The van der Waals surface area contributed by atoms with E-state index < -0.39 is 0 Å². The normalized spacial score (nSPS) is 10.0. The predicted molar refractivity (Wildman–Crippen MR) is 94.3 cm³/mol. The number of nitrogens with one attached hydrogen (secondary N) is 1. The third-order valence-corrected chi connectivity index (χ3v) is 3.58. The number of ether oxygens (including phenoxy) is 1. The number of hydrogen-bond acceptors (Lipinski definition) is 2. The van der Waals surface area contributed by atoms with Crippen molar-refractivity contribution in [1.82, 2.24) is 5.32 Å². The van der Waals surface area contributed by atoms with E-state index in [0.29, 0.717) is 6.61 Å². The van der Waals surface area contributed by atoms with Gasteiger partial charge in [0.2, 0.25) is 0 Å².